The molecule has 4 nitrogen and oxygen atoms in total. The maximum atomic E-state index is 11.6. The lowest BCUT2D eigenvalue weighted by molar-refractivity contribution is -0.120. The van der Waals surface area contributed by atoms with Gasteiger partial charge < -0.3 is 10.3 Å². The summed E-state index contributed by atoms with van der Waals surface area (Å²) in [6, 6.07) is 7.63. The zero-order valence-electron chi connectivity index (χ0n) is 10.9. The fraction of sp³-hybridized carbons (Fsp3) is 0.286. The molecule has 2 rings (SSSR count). The first-order valence-electron chi connectivity index (χ1n) is 6.36. The average Bonchev–Trinajstić information content (AvgIpc) is 2.94. The van der Waals surface area contributed by atoms with Crippen molar-refractivity contribution in [1.82, 2.24) is 15.3 Å². The van der Waals surface area contributed by atoms with Gasteiger partial charge >= 0.3 is 0 Å². The van der Waals surface area contributed by atoms with Gasteiger partial charge in [-0.1, -0.05) is 11.6 Å². The summed E-state index contributed by atoms with van der Waals surface area (Å²) in [5, 5.41) is 3.62. The van der Waals surface area contributed by atoms with Gasteiger partial charge in [0.05, 0.1) is 6.33 Å². The van der Waals surface area contributed by atoms with Gasteiger partial charge in [0.1, 0.15) is 0 Å². The van der Waals surface area contributed by atoms with Crippen molar-refractivity contribution in [2.75, 3.05) is 12.3 Å². The van der Waals surface area contributed by atoms with Crippen molar-refractivity contribution in [3.05, 3.63) is 47.5 Å². The number of amides is 1. The van der Waals surface area contributed by atoms with Gasteiger partial charge in [-0.2, -0.15) is 0 Å². The lowest BCUT2D eigenvalue weighted by Crippen LogP contribution is -2.25. The SMILES string of the molecule is O=C(CCSc1ccc(Cl)cc1)NCCc1cnc[nH]1. The monoisotopic (exact) mass is 309 g/mol. The first-order valence-corrected chi connectivity index (χ1v) is 7.73. The number of carbonyl (C=O) groups is 1. The molecular weight excluding hydrogens is 294 g/mol. The van der Waals surface area contributed by atoms with Crippen LogP contribution in [-0.2, 0) is 11.2 Å². The van der Waals surface area contributed by atoms with Crippen LogP contribution in [0.3, 0.4) is 0 Å². The van der Waals surface area contributed by atoms with Crippen LogP contribution in [0.25, 0.3) is 0 Å². The number of benzene rings is 1. The number of halogens is 1. The van der Waals surface area contributed by atoms with E-state index in [0.717, 1.165) is 27.8 Å². The van der Waals surface area contributed by atoms with Crippen molar-refractivity contribution in [2.24, 2.45) is 0 Å². The molecule has 20 heavy (non-hydrogen) atoms. The molecule has 1 amide bonds. The quantitative estimate of drug-likeness (QED) is 0.773. The molecule has 0 fully saturated rings. The van der Waals surface area contributed by atoms with Crippen LogP contribution in [0.15, 0.2) is 41.7 Å². The standard InChI is InChI=1S/C14H16ClN3OS/c15-11-1-3-13(4-2-11)20-8-6-14(19)17-7-5-12-9-16-10-18-12/h1-4,9-10H,5-8H2,(H,16,18)(H,17,19). The topological polar surface area (TPSA) is 57.8 Å². The van der Waals surface area contributed by atoms with E-state index in [-0.39, 0.29) is 5.91 Å². The molecule has 2 aromatic rings. The molecule has 0 aliphatic carbocycles. The lowest BCUT2D eigenvalue weighted by Gasteiger charge is -2.04. The first kappa shape index (κ1) is 14.9. The molecule has 6 heteroatoms. The minimum Gasteiger partial charge on any atom is -0.356 e. The largest absolute Gasteiger partial charge is 0.356 e. The highest BCUT2D eigenvalue weighted by Crippen LogP contribution is 2.20. The summed E-state index contributed by atoms with van der Waals surface area (Å²) in [5.41, 5.74) is 1.03. The Bertz CT molecular complexity index is 528. The van der Waals surface area contributed by atoms with Gasteiger partial charge in [0, 0.05) is 46.9 Å². The smallest absolute Gasteiger partial charge is 0.220 e. The van der Waals surface area contributed by atoms with Crippen LogP contribution in [0.1, 0.15) is 12.1 Å². The molecule has 2 N–H and O–H groups in total. The van der Waals surface area contributed by atoms with Crippen LogP contribution in [0.2, 0.25) is 5.02 Å². The van der Waals surface area contributed by atoms with Gasteiger partial charge in [0.25, 0.3) is 0 Å². The Morgan fingerprint density at radius 1 is 1.35 bits per heavy atom. The number of aromatic nitrogens is 2. The Kier molecular flexibility index (Phi) is 5.95. The summed E-state index contributed by atoms with van der Waals surface area (Å²) in [6.45, 7) is 0.632. The van der Waals surface area contributed by atoms with E-state index in [2.05, 4.69) is 15.3 Å². The molecule has 1 aromatic heterocycles. The predicted octanol–water partition coefficient (Wildman–Crippen LogP) is 2.90. The minimum atomic E-state index is 0.0750. The second-order valence-electron chi connectivity index (χ2n) is 4.23. The van der Waals surface area contributed by atoms with E-state index >= 15 is 0 Å². The van der Waals surface area contributed by atoms with E-state index in [0.29, 0.717) is 13.0 Å². The molecule has 0 saturated carbocycles. The highest BCUT2D eigenvalue weighted by molar-refractivity contribution is 7.99. The van der Waals surface area contributed by atoms with Crippen molar-refractivity contribution >= 4 is 29.3 Å². The van der Waals surface area contributed by atoms with Gasteiger partial charge in [0.2, 0.25) is 5.91 Å². The number of imidazole rings is 1. The average molecular weight is 310 g/mol. The number of nitrogens with zero attached hydrogens (tertiary/aromatic N) is 1. The normalized spacial score (nSPS) is 10.4. The van der Waals surface area contributed by atoms with Gasteiger partial charge in [-0.15, -0.1) is 11.8 Å². The number of hydrogen-bond donors (Lipinski definition) is 2. The van der Waals surface area contributed by atoms with Gasteiger partial charge in [-0.25, -0.2) is 4.98 Å². The second-order valence-corrected chi connectivity index (χ2v) is 5.83. The maximum Gasteiger partial charge on any atom is 0.220 e. The van der Waals surface area contributed by atoms with E-state index in [1.165, 1.54) is 0 Å². The van der Waals surface area contributed by atoms with E-state index in [1.54, 1.807) is 24.3 Å². The van der Waals surface area contributed by atoms with Gasteiger partial charge in [-0.05, 0) is 24.3 Å². The number of H-pyrrole nitrogens is 1. The molecule has 1 heterocycles. The van der Waals surface area contributed by atoms with Crippen LogP contribution in [-0.4, -0.2) is 28.2 Å². The number of nitrogens with one attached hydrogen (secondary N) is 2. The van der Waals surface area contributed by atoms with E-state index in [4.69, 9.17) is 11.6 Å². The fourth-order valence-electron chi connectivity index (χ4n) is 1.64. The number of carbonyl (C=O) groups excluding carboxylic acids is 1. The first-order chi connectivity index (χ1) is 9.74. The van der Waals surface area contributed by atoms with Crippen LogP contribution < -0.4 is 5.32 Å². The van der Waals surface area contributed by atoms with Crippen molar-refractivity contribution in [3.63, 3.8) is 0 Å². The molecule has 0 unspecified atom stereocenters. The molecule has 0 spiro atoms. The molecule has 0 aliphatic rings. The number of aromatic amines is 1. The summed E-state index contributed by atoms with van der Waals surface area (Å²) in [7, 11) is 0. The molecule has 1 aromatic carbocycles. The zero-order valence-corrected chi connectivity index (χ0v) is 12.5. The molecule has 0 bridgehead atoms. The van der Waals surface area contributed by atoms with Crippen molar-refractivity contribution in [1.29, 1.82) is 0 Å². The number of hydrogen-bond acceptors (Lipinski definition) is 3. The van der Waals surface area contributed by atoms with Crippen LogP contribution in [0.5, 0.6) is 0 Å². The van der Waals surface area contributed by atoms with Crippen LogP contribution in [0, 0.1) is 0 Å². The van der Waals surface area contributed by atoms with Gasteiger partial charge in [-0.3, -0.25) is 4.79 Å². The number of rotatable bonds is 7. The molecule has 0 atom stereocenters. The van der Waals surface area contributed by atoms with Crippen molar-refractivity contribution in [2.45, 2.75) is 17.7 Å². The third kappa shape index (κ3) is 5.27. The van der Waals surface area contributed by atoms with Crippen LogP contribution >= 0.6 is 23.4 Å². The Labute approximate surface area is 127 Å². The van der Waals surface area contributed by atoms with Crippen molar-refractivity contribution in [3.8, 4) is 0 Å². The highest BCUT2D eigenvalue weighted by atomic mass is 35.5. The summed E-state index contributed by atoms with van der Waals surface area (Å²) in [4.78, 5) is 19.7. The molecule has 0 saturated heterocycles. The molecule has 0 radical (unpaired) electrons. The molecule has 106 valence electrons. The second kappa shape index (κ2) is 7.97. The molecule has 0 aliphatic heterocycles. The summed E-state index contributed by atoms with van der Waals surface area (Å²) >= 11 is 7.47. The summed E-state index contributed by atoms with van der Waals surface area (Å²) in [6.07, 6.45) is 4.69. The van der Waals surface area contributed by atoms with E-state index < -0.39 is 0 Å². The third-order valence-electron chi connectivity index (χ3n) is 2.68. The zero-order chi connectivity index (χ0) is 14.2. The molecular formula is C14H16ClN3OS. The third-order valence-corrected chi connectivity index (χ3v) is 3.95. The highest BCUT2D eigenvalue weighted by Gasteiger charge is 2.02. The van der Waals surface area contributed by atoms with E-state index in [1.807, 2.05) is 24.3 Å². The lowest BCUT2D eigenvalue weighted by atomic mass is 10.3. The number of thioether (sulfide) groups is 1. The Balaban J connectivity index is 1.59. The predicted molar refractivity (Wildman–Crippen MR) is 82.1 cm³/mol. The van der Waals surface area contributed by atoms with E-state index in [9.17, 15) is 4.79 Å². The fourth-order valence-corrected chi connectivity index (χ4v) is 2.62. The van der Waals surface area contributed by atoms with Gasteiger partial charge in [0.15, 0.2) is 0 Å². The Morgan fingerprint density at radius 3 is 2.85 bits per heavy atom. The summed E-state index contributed by atoms with van der Waals surface area (Å²) < 4.78 is 0. The minimum absolute atomic E-state index is 0.0750. The Morgan fingerprint density at radius 2 is 2.15 bits per heavy atom. The van der Waals surface area contributed by atoms with Crippen molar-refractivity contribution < 1.29 is 4.79 Å². The maximum absolute atomic E-state index is 11.6. The Hall–Kier alpha value is -1.46. The summed E-state index contributed by atoms with van der Waals surface area (Å²) in [5.74, 6) is 0.836. The van der Waals surface area contributed by atoms with Crippen LogP contribution in [0.4, 0.5) is 0 Å².